The van der Waals surface area contributed by atoms with Crippen LogP contribution in [0.3, 0.4) is 0 Å². The highest BCUT2D eigenvalue weighted by atomic mass is 15.4. The van der Waals surface area contributed by atoms with Gasteiger partial charge in [0.15, 0.2) is 0 Å². The van der Waals surface area contributed by atoms with Crippen molar-refractivity contribution in [2.24, 2.45) is 11.8 Å². The Kier molecular flexibility index (Phi) is 3.84. The number of likely N-dealkylation sites (tertiary alicyclic amines) is 1. The molecular weight excluding hydrogens is 208 g/mol. The minimum atomic E-state index is 1.07. The molecule has 17 heavy (non-hydrogen) atoms. The van der Waals surface area contributed by atoms with Crippen molar-refractivity contribution < 1.29 is 8.97 Å². The van der Waals surface area contributed by atoms with Crippen LogP contribution < -0.4 is 0 Å². The maximum Gasteiger partial charge on any atom is 0.0839 e. The second-order valence-electron chi connectivity index (χ2n) is 7.88. The maximum atomic E-state index is 2.51. The van der Waals surface area contributed by atoms with Gasteiger partial charge in [0, 0.05) is 18.3 Å². The van der Waals surface area contributed by atoms with Crippen LogP contribution in [0, 0.1) is 11.8 Å². The smallest absolute Gasteiger partial charge is 0.0839 e. The van der Waals surface area contributed by atoms with Crippen molar-refractivity contribution in [2.75, 3.05) is 54.4 Å². The molecular formula is C15H32N2+2. The van der Waals surface area contributed by atoms with Crippen LogP contribution in [-0.2, 0) is 0 Å². The van der Waals surface area contributed by atoms with Crippen LogP contribution in [0.1, 0.15) is 32.1 Å². The van der Waals surface area contributed by atoms with E-state index in [1.165, 1.54) is 62.8 Å². The Morgan fingerprint density at radius 2 is 1.53 bits per heavy atom. The highest BCUT2D eigenvalue weighted by Gasteiger charge is 2.42. The zero-order chi connectivity index (χ0) is 12.5. The normalized spacial score (nSPS) is 32.5. The van der Waals surface area contributed by atoms with Gasteiger partial charge in [0.2, 0.25) is 0 Å². The molecule has 100 valence electrons. The summed E-state index contributed by atoms with van der Waals surface area (Å²) in [6.07, 6.45) is 7.43. The molecule has 1 aliphatic heterocycles. The predicted octanol–water partition coefficient (Wildman–Crippen LogP) is 2.35. The third-order valence-electron chi connectivity index (χ3n) is 4.94. The lowest BCUT2D eigenvalue weighted by Crippen LogP contribution is -2.45. The third-order valence-corrected chi connectivity index (χ3v) is 4.94. The molecule has 0 aromatic heterocycles. The zero-order valence-corrected chi connectivity index (χ0v) is 12.4. The Morgan fingerprint density at radius 1 is 1.00 bits per heavy atom. The van der Waals surface area contributed by atoms with Crippen LogP contribution >= 0.6 is 0 Å². The van der Waals surface area contributed by atoms with E-state index in [1.807, 2.05) is 0 Å². The summed E-state index contributed by atoms with van der Waals surface area (Å²) < 4.78 is 2.49. The Morgan fingerprint density at radius 3 is 2.00 bits per heavy atom. The van der Waals surface area contributed by atoms with Crippen LogP contribution in [0.5, 0.6) is 0 Å². The molecule has 0 unspecified atom stereocenters. The highest BCUT2D eigenvalue weighted by Crippen LogP contribution is 2.38. The first-order valence-electron chi connectivity index (χ1n) is 7.52. The summed E-state index contributed by atoms with van der Waals surface area (Å²) in [6, 6.07) is 0. The molecule has 2 heteroatoms. The SMILES string of the molecule is C[N+](C)(C)CCC[N+]1(C)C[C@H]2CCCC[C@@H]2C1. The summed E-state index contributed by atoms with van der Waals surface area (Å²) in [6.45, 7) is 5.68. The molecule has 2 aliphatic rings. The van der Waals surface area contributed by atoms with Crippen LogP contribution in [0.4, 0.5) is 0 Å². The first kappa shape index (κ1) is 13.4. The van der Waals surface area contributed by atoms with Crippen molar-refractivity contribution in [1.29, 1.82) is 0 Å². The molecule has 0 bridgehead atoms. The molecule has 2 rings (SSSR count). The van der Waals surface area contributed by atoms with Gasteiger partial charge in [-0.3, -0.25) is 0 Å². The summed E-state index contributed by atoms with van der Waals surface area (Å²) in [5.74, 6) is 2.13. The lowest BCUT2D eigenvalue weighted by molar-refractivity contribution is -0.909. The Bertz CT molecular complexity index is 240. The van der Waals surface area contributed by atoms with Crippen molar-refractivity contribution >= 4 is 0 Å². The van der Waals surface area contributed by atoms with E-state index >= 15 is 0 Å². The average Bonchev–Trinajstić information content (AvgIpc) is 2.51. The molecule has 0 radical (unpaired) electrons. The summed E-state index contributed by atoms with van der Waals surface area (Å²) in [4.78, 5) is 0. The van der Waals surface area contributed by atoms with E-state index in [0.29, 0.717) is 0 Å². The van der Waals surface area contributed by atoms with Crippen molar-refractivity contribution in [2.45, 2.75) is 32.1 Å². The van der Waals surface area contributed by atoms with Gasteiger partial charge in [-0.15, -0.1) is 0 Å². The van der Waals surface area contributed by atoms with Crippen LogP contribution in [0.2, 0.25) is 0 Å². The number of nitrogens with zero attached hydrogens (tertiary/aromatic N) is 2. The lowest BCUT2D eigenvalue weighted by Gasteiger charge is -2.32. The van der Waals surface area contributed by atoms with Gasteiger partial charge in [-0.25, -0.2) is 0 Å². The number of hydrogen-bond acceptors (Lipinski definition) is 0. The van der Waals surface area contributed by atoms with Gasteiger partial charge < -0.3 is 8.97 Å². The summed E-state index contributed by atoms with van der Waals surface area (Å²) in [7, 11) is 9.44. The monoisotopic (exact) mass is 240 g/mol. The highest BCUT2D eigenvalue weighted by molar-refractivity contribution is 4.80. The summed E-state index contributed by atoms with van der Waals surface area (Å²) >= 11 is 0. The summed E-state index contributed by atoms with van der Waals surface area (Å²) in [5.41, 5.74) is 0. The van der Waals surface area contributed by atoms with Gasteiger partial charge in [0.25, 0.3) is 0 Å². The van der Waals surface area contributed by atoms with Crippen molar-refractivity contribution in [3.8, 4) is 0 Å². The number of fused-ring (bicyclic) bond motifs is 1. The molecule has 0 spiro atoms. The van der Waals surface area contributed by atoms with Gasteiger partial charge in [0.05, 0.1) is 54.4 Å². The number of rotatable bonds is 4. The Hall–Kier alpha value is -0.0800. The zero-order valence-electron chi connectivity index (χ0n) is 12.4. The van der Waals surface area contributed by atoms with Crippen LogP contribution in [0.25, 0.3) is 0 Å². The number of quaternary nitrogens is 2. The molecule has 0 amide bonds. The van der Waals surface area contributed by atoms with E-state index in [4.69, 9.17) is 0 Å². The van der Waals surface area contributed by atoms with Gasteiger partial charge in [0.1, 0.15) is 0 Å². The summed E-state index contributed by atoms with van der Waals surface area (Å²) in [5, 5.41) is 0. The molecule has 2 nitrogen and oxygen atoms in total. The fraction of sp³-hybridized carbons (Fsp3) is 1.00. The topological polar surface area (TPSA) is 0 Å². The number of hydrogen-bond donors (Lipinski definition) is 0. The molecule has 2 atom stereocenters. The van der Waals surface area contributed by atoms with Gasteiger partial charge >= 0.3 is 0 Å². The van der Waals surface area contributed by atoms with E-state index in [1.54, 1.807) is 0 Å². The second-order valence-corrected chi connectivity index (χ2v) is 7.88. The van der Waals surface area contributed by atoms with E-state index in [-0.39, 0.29) is 0 Å². The van der Waals surface area contributed by atoms with Crippen LogP contribution in [0.15, 0.2) is 0 Å². The molecule has 0 N–H and O–H groups in total. The largest absolute Gasteiger partial charge is 0.331 e. The molecule has 2 fully saturated rings. The molecule has 1 heterocycles. The van der Waals surface area contributed by atoms with E-state index in [0.717, 1.165) is 16.3 Å². The fourth-order valence-electron chi connectivity index (χ4n) is 4.08. The molecule has 1 saturated heterocycles. The average molecular weight is 240 g/mol. The van der Waals surface area contributed by atoms with Crippen molar-refractivity contribution in [3.63, 3.8) is 0 Å². The minimum absolute atomic E-state index is 1.07. The quantitative estimate of drug-likeness (QED) is 0.662. The van der Waals surface area contributed by atoms with Gasteiger partial charge in [-0.1, -0.05) is 12.8 Å². The first-order valence-corrected chi connectivity index (χ1v) is 7.52. The third kappa shape index (κ3) is 3.69. The van der Waals surface area contributed by atoms with Gasteiger partial charge in [-0.05, 0) is 12.8 Å². The predicted molar refractivity (Wildman–Crippen MR) is 73.7 cm³/mol. The van der Waals surface area contributed by atoms with Crippen molar-refractivity contribution in [1.82, 2.24) is 0 Å². The second kappa shape index (κ2) is 4.89. The van der Waals surface area contributed by atoms with Crippen LogP contribution in [-0.4, -0.2) is 63.3 Å². The Balaban J connectivity index is 1.80. The lowest BCUT2D eigenvalue weighted by atomic mass is 9.82. The molecule has 0 aromatic rings. The maximum absolute atomic E-state index is 2.51. The standard InChI is InChI=1S/C15H32N2/c1-16(2,3)10-7-11-17(4)12-14-8-5-6-9-15(14)13-17/h14-15H,5-13H2,1-4H3/q+2/t14-,15-/m1/s1. The first-order chi connectivity index (χ1) is 7.88. The molecule has 1 saturated carbocycles. The van der Waals surface area contributed by atoms with Gasteiger partial charge in [-0.2, -0.15) is 0 Å². The minimum Gasteiger partial charge on any atom is -0.331 e. The van der Waals surface area contributed by atoms with E-state index < -0.39 is 0 Å². The van der Waals surface area contributed by atoms with E-state index in [9.17, 15) is 0 Å². The fourth-order valence-corrected chi connectivity index (χ4v) is 4.08. The molecule has 0 aromatic carbocycles. The van der Waals surface area contributed by atoms with Crippen molar-refractivity contribution in [3.05, 3.63) is 0 Å². The Labute approximate surface area is 108 Å². The molecule has 1 aliphatic carbocycles. The van der Waals surface area contributed by atoms with E-state index in [2.05, 4.69) is 28.2 Å².